The summed E-state index contributed by atoms with van der Waals surface area (Å²) in [7, 11) is 1.69. The van der Waals surface area contributed by atoms with Crippen LogP contribution in [0.3, 0.4) is 0 Å². The summed E-state index contributed by atoms with van der Waals surface area (Å²) in [6.07, 6.45) is 1.41. The fourth-order valence-electron chi connectivity index (χ4n) is 1.55. The van der Waals surface area contributed by atoms with Crippen LogP contribution in [0.15, 0.2) is 29.2 Å². The van der Waals surface area contributed by atoms with Gasteiger partial charge in [0.2, 0.25) is 0 Å². The van der Waals surface area contributed by atoms with Crippen molar-refractivity contribution in [2.75, 3.05) is 32.6 Å². The molecule has 0 unspecified atom stereocenters. The maximum Gasteiger partial charge on any atom is 0.118 e. The number of thioether (sulfide) groups is 1. The van der Waals surface area contributed by atoms with E-state index in [1.54, 1.807) is 7.11 Å². The van der Waals surface area contributed by atoms with E-state index in [1.807, 2.05) is 23.9 Å². The first kappa shape index (κ1) is 16.3. The van der Waals surface area contributed by atoms with Gasteiger partial charge in [0.05, 0.1) is 13.2 Å². The number of methoxy groups -OCH3 is 1. The summed E-state index contributed by atoms with van der Waals surface area (Å²) in [4.78, 5) is 1.28. The summed E-state index contributed by atoms with van der Waals surface area (Å²) in [5, 5.41) is 3.43. The molecule has 0 aromatic heterocycles. The summed E-state index contributed by atoms with van der Waals surface area (Å²) in [6.45, 7) is 7.03. The van der Waals surface area contributed by atoms with Gasteiger partial charge in [-0.15, -0.1) is 11.8 Å². The Morgan fingerprint density at radius 1 is 1.16 bits per heavy atom. The molecule has 0 atom stereocenters. The second-order valence-corrected chi connectivity index (χ2v) is 5.72. The Morgan fingerprint density at radius 3 is 2.53 bits per heavy atom. The van der Waals surface area contributed by atoms with E-state index in [-0.39, 0.29) is 0 Å². The van der Waals surface area contributed by atoms with E-state index in [1.165, 1.54) is 4.90 Å². The Balaban J connectivity index is 1.98. The van der Waals surface area contributed by atoms with Crippen LogP contribution in [0.25, 0.3) is 0 Å². The number of rotatable bonds is 10. The summed E-state index contributed by atoms with van der Waals surface area (Å²) in [6, 6.07) is 8.19. The minimum atomic E-state index is 0.339. The molecule has 0 bridgehead atoms. The monoisotopic (exact) mass is 283 g/mol. The van der Waals surface area contributed by atoms with Gasteiger partial charge in [-0.3, -0.25) is 0 Å². The number of nitrogens with one attached hydrogen (secondary N) is 1. The second-order valence-electron chi connectivity index (χ2n) is 4.55. The Bertz CT molecular complexity index is 327. The van der Waals surface area contributed by atoms with Crippen molar-refractivity contribution in [1.82, 2.24) is 5.32 Å². The van der Waals surface area contributed by atoms with Crippen LogP contribution in [-0.4, -0.2) is 38.7 Å². The first-order valence-corrected chi connectivity index (χ1v) is 7.80. The molecule has 0 fully saturated rings. The Kier molecular flexibility index (Phi) is 8.71. The van der Waals surface area contributed by atoms with E-state index >= 15 is 0 Å². The molecule has 0 amide bonds. The first-order valence-electron chi connectivity index (χ1n) is 6.81. The average Bonchev–Trinajstić information content (AvgIpc) is 2.42. The Morgan fingerprint density at radius 2 is 1.89 bits per heavy atom. The van der Waals surface area contributed by atoms with Crippen LogP contribution in [0.4, 0.5) is 0 Å². The van der Waals surface area contributed by atoms with Crippen molar-refractivity contribution in [2.24, 2.45) is 0 Å². The van der Waals surface area contributed by atoms with Gasteiger partial charge in [-0.1, -0.05) is 0 Å². The summed E-state index contributed by atoms with van der Waals surface area (Å²) in [5.41, 5.74) is 0. The predicted octanol–water partition coefficient (Wildman–Crippen LogP) is 3.19. The summed E-state index contributed by atoms with van der Waals surface area (Å²) < 4.78 is 10.6. The normalized spacial score (nSPS) is 10.9. The molecule has 0 radical (unpaired) electrons. The van der Waals surface area contributed by atoms with E-state index in [0.717, 1.165) is 37.6 Å². The Labute approximate surface area is 121 Å². The highest BCUT2D eigenvalue weighted by Crippen LogP contribution is 2.20. The minimum Gasteiger partial charge on any atom is -0.497 e. The van der Waals surface area contributed by atoms with E-state index in [0.29, 0.717) is 6.10 Å². The predicted molar refractivity (Wildman–Crippen MR) is 82.3 cm³/mol. The van der Waals surface area contributed by atoms with Crippen molar-refractivity contribution in [3.05, 3.63) is 24.3 Å². The average molecular weight is 283 g/mol. The van der Waals surface area contributed by atoms with Gasteiger partial charge in [-0.05, 0) is 51.1 Å². The molecule has 1 N–H and O–H groups in total. The van der Waals surface area contributed by atoms with Gasteiger partial charge in [0.15, 0.2) is 0 Å². The molecule has 0 aliphatic rings. The van der Waals surface area contributed by atoms with Crippen molar-refractivity contribution in [3.63, 3.8) is 0 Å². The van der Waals surface area contributed by atoms with Crippen LogP contribution in [-0.2, 0) is 4.74 Å². The van der Waals surface area contributed by atoms with Crippen LogP contribution in [0.2, 0.25) is 0 Å². The molecule has 0 spiro atoms. The van der Waals surface area contributed by atoms with Gasteiger partial charge in [0, 0.05) is 23.8 Å². The van der Waals surface area contributed by atoms with Crippen molar-refractivity contribution in [2.45, 2.75) is 31.3 Å². The van der Waals surface area contributed by atoms with Gasteiger partial charge in [-0.2, -0.15) is 0 Å². The largest absolute Gasteiger partial charge is 0.497 e. The number of hydrogen-bond donors (Lipinski definition) is 1. The summed E-state index contributed by atoms with van der Waals surface area (Å²) >= 11 is 1.86. The molecule has 0 saturated heterocycles. The van der Waals surface area contributed by atoms with Gasteiger partial charge in [0.25, 0.3) is 0 Å². The second kappa shape index (κ2) is 10.1. The molecule has 1 rings (SSSR count). The van der Waals surface area contributed by atoms with E-state index < -0.39 is 0 Å². The van der Waals surface area contributed by atoms with Crippen LogP contribution in [0, 0.1) is 0 Å². The molecule has 0 aliphatic carbocycles. The number of benzene rings is 1. The van der Waals surface area contributed by atoms with Crippen molar-refractivity contribution in [3.8, 4) is 5.75 Å². The fraction of sp³-hybridized carbons (Fsp3) is 0.600. The molecule has 1 aromatic carbocycles. The smallest absolute Gasteiger partial charge is 0.118 e. The number of ether oxygens (including phenoxy) is 2. The SMILES string of the molecule is COc1ccc(SCCNCCCOC(C)C)cc1. The zero-order valence-corrected chi connectivity index (χ0v) is 13.0. The lowest BCUT2D eigenvalue weighted by atomic mass is 10.3. The lowest BCUT2D eigenvalue weighted by Gasteiger charge is -2.08. The zero-order valence-electron chi connectivity index (χ0n) is 12.1. The molecule has 1 aromatic rings. The van der Waals surface area contributed by atoms with Crippen LogP contribution in [0.1, 0.15) is 20.3 Å². The highest BCUT2D eigenvalue weighted by molar-refractivity contribution is 7.99. The molecular weight excluding hydrogens is 258 g/mol. The molecule has 0 saturated carbocycles. The maximum atomic E-state index is 5.48. The third kappa shape index (κ3) is 8.14. The molecule has 4 heteroatoms. The highest BCUT2D eigenvalue weighted by Gasteiger charge is 1.96. The van der Waals surface area contributed by atoms with Gasteiger partial charge in [0.1, 0.15) is 5.75 Å². The minimum absolute atomic E-state index is 0.339. The van der Waals surface area contributed by atoms with Gasteiger partial charge < -0.3 is 14.8 Å². The molecule has 0 aliphatic heterocycles. The standard InChI is InChI=1S/C15H25NO2S/c1-13(2)18-11-4-9-16-10-12-19-15-7-5-14(17-3)6-8-15/h5-8,13,16H,4,9-12H2,1-3H3. The molecule has 0 heterocycles. The van der Waals surface area contributed by atoms with Gasteiger partial charge in [-0.25, -0.2) is 0 Å². The van der Waals surface area contributed by atoms with Crippen molar-refractivity contribution >= 4 is 11.8 Å². The topological polar surface area (TPSA) is 30.5 Å². The van der Waals surface area contributed by atoms with Crippen molar-refractivity contribution in [1.29, 1.82) is 0 Å². The fourth-order valence-corrected chi connectivity index (χ4v) is 2.36. The molecule has 19 heavy (non-hydrogen) atoms. The highest BCUT2D eigenvalue weighted by atomic mass is 32.2. The lowest BCUT2D eigenvalue weighted by Crippen LogP contribution is -2.20. The van der Waals surface area contributed by atoms with E-state index in [4.69, 9.17) is 9.47 Å². The quantitative estimate of drug-likeness (QED) is 0.528. The number of hydrogen-bond acceptors (Lipinski definition) is 4. The lowest BCUT2D eigenvalue weighted by molar-refractivity contribution is 0.0772. The molecule has 108 valence electrons. The van der Waals surface area contributed by atoms with E-state index in [9.17, 15) is 0 Å². The maximum absolute atomic E-state index is 5.48. The van der Waals surface area contributed by atoms with Gasteiger partial charge >= 0.3 is 0 Å². The molecular formula is C15H25NO2S. The summed E-state index contributed by atoms with van der Waals surface area (Å²) in [5.74, 6) is 1.99. The van der Waals surface area contributed by atoms with Crippen molar-refractivity contribution < 1.29 is 9.47 Å². The Hall–Kier alpha value is -0.710. The molecule has 3 nitrogen and oxygen atoms in total. The van der Waals surface area contributed by atoms with E-state index in [2.05, 4.69) is 31.3 Å². The van der Waals surface area contributed by atoms with Crippen LogP contribution in [0.5, 0.6) is 5.75 Å². The third-order valence-corrected chi connectivity index (χ3v) is 3.57. The van der Waals surface area contributed by atoms with Crippen LogP contribution < -0.4 is 10.1 Å². The zero-order chi connectivity index (χ0) is 13.9. The van der Waals surface area contributed by atoms with Crippen LogP contribution >= 0.6 is 11.8 Å². The third-order valence-electron chi connectivity index (χ3n) is 2.56. The first-order chi connectivity index (χ1) is 9.22.